The molecule has 116 valence electrons. The minimum absolute atomic E-state index is 0.373. The molecular formula is C18H38O. The Kier molecular flexibility index (Phi) is 12.9. The monoisotopic (exact) mass is 270 g/mol. The Balaban J connectivity index is 3.52. The van der Waals surface area contributed by atoms with E-state index in [2.05, 4.69) is 34.6 Å². The second kappa shape index (κ2) is 13.0. The zero-order valence-corrected chi connectivity index (χ0v) is 14.2. The number of hydrogen-bond donors (Lipinski definition) is 0. The van der Waals surface area contributed by atoms with Crippen molar-refractivity contribution in [3.8, 4) is 0 Å². The topological polar surface area (TPSA) is 9.23 Å². The van der Waals surface area contributed by atoms with Crippen molar-refractivity contribution in [2.45, 2.75) is 111 Å². The molecule has 0 aliphatic rings. The van der Waals surface area contributed by atoms with E-state index in [1.54, 1.807) is 0 Å². The van der Waals surface area contributed by atoms with Crippen LogP contribution in [0, 0.1) is 5.92 Å². The van der Waals surface area contributed by atoms with Gasteiger partial charge < -0.3 is 4.74 Å². The smallest absolute Gasteiger partial charge is 0.0581 e. The average Bonchev–Trinajstić information content (AvgIpc) is 2.30. The third-order valence-corrected chi connectivity index (χ3v) is 3.58. The summed E-state index contributed by atoms with van der Waals surface area (Å²) >= 11 is 0. The Hall–Kier alpha value is -0.0400. The average molecular weight is 271 g/mol. The predicted octanol–water partition coefficient (Wildman–Crippen LogP) is 6.36. The molecule has 0 rings (SSSR count). The maximum Gasteiger partial charge on any atom is 0.0581 e. The lowest BCUT2D eigenvalue weighted by molar-refractivity contribution is -0.00900. The molecule has 1 unspecified atom stereocenters. The zero-order valence-electron chi connectivity index (χ0n) is 14.2. The lowest BCUT2D eigenvalue weighted by Crippen LogP contribution is -2.19. The molecule has 0 spiro atoms. The maximum atomic E-state index is 6.02. The van der Waals surface area contributed by atoms with Crippen molar-refractivity contribution in [1.29, 1.82) is 0 Å². The lowest BCUT2D eigenvalue weighted by Gasteiger charge is -2.22. The molecule has 0 aliphatic heterocycles. The highest BCUT2D eigenvalue weighted by atomic mass is 16.5. The Morgan fingerprint density at radius 3 is 1.74 bits per heavy atom. The fourth-order valence-corrected chi connectivity index (χ4v) is 2.66. The Morgan fingerprint density at radius 2 is 1.26 bits per heavy atom. The first-order valence-corrected chi connectivity index (χ1v) is 8.71. The van der Waals surface area contributed by atoms with Crippen LogP contribution in [-0.2, 0) is 4.74 Å². The van der Waals surface area contributed by atoms with Crippen LogP contribution in [0.1, 0.15) is 98.8 Å². The molecule has 0 fully saturated rings. The van der Waals surface area contributed by atoms with E-state index in [0.717, 1.165) is 5.92 Å². The number of hydrogen-bond acceptors (Lipinski definition) is 1. The number of unbranched alkanes of at least 4 members (excludes halogenated alkanes) is 7. The first-order valence-electron chi connectivity index (χ1n) is 8.71. The van der Waals surface area contributed by atoms with Crippen LogP contribution in [0.3, 0.4) is 0 Å². The normalized spacial score (nSPS) is 13.4. The number of ether oxygens (including phenoxy) is 1. The maximum absolute atomic E-state index is 6.02. The van der Waals surface area contributed by atoms with Gasteiger partial charge in [0.2, 0.25) is 0 Å². The van der Waals surface area contributed by atoms with Gasteiger partial charge in [-0.3, -0.25) is 0 Å². The summed E-state index contributed by atoms with van der Waals surface area (Å²) in [6.45, 7) is 11.2. The van der Waals surface area contributed by atoms with Crippen LogP contribution < -0.4 is 0 Å². The molecule has 0 amide bonds. The van der Waals surface area contributed by atoms with E-state index < -0.39 is 0 Å². The van der Waals surface area contributed by atoms with Gasteiger partial charge in [-0.25, -0.2) is 0 Å². The van der Waals surface area contributed by atoms with Crippen molar-refractivity contribution in [2.75, 3.05) is 0 Å². The van der Waals surface area contributed by atoms with Crippen molar-refractivity contribution < 1.29 is 4.74 Å². The molecule has 1 heteroatoms. The first kappa shape index (κ1) is 19.0. The summed E-state index contributed by atoms with van der Waals surface area (Å²) < 4.78 is 6.02. The van der Waals surface area contributed by atoms with Crippen LogP contribution in [-0.4, -0.2) is 12.2 Å². The molecule has 19 heavy (non-hydrogen) atoms. The summed E-state index contributed by atoms with van der Waals surface area (Å²) in [7, 11) is 0. The summed E-state index contributed by atoms with van der Waals surface area (Å²) in [4.78, 5) is 0. The van der Waals surface area contributed by atoms with Crippen LogP contribution >= 0.6 is 0 Å². The van der Waals surface area contributed by atoms with Crippen molar-refractivity contribution in [3.63, 3.8) is 0 Å². The molecule has 0 heterocycles. The van der Waals surface area contributed by atoms with Crippen LogP contribution in [0.2, 0.25) is 0 Å². The van der Waals surface area contributed by atoms with Gasteiger partial charge in [0, 0.05) is 0 Å². The minimum atomic E-state index is 0.373. The molecular weight excluding hydrogens is 232 g/mol. The molecule has 0 aliphatic carbocycles. The fourth-order valence-electron chi connectivity index (χ4n) is 2.66. The highest BCUT2D eigenvalue weighted by Crippen LogP contribution is 2.18. The molecule has 0 aromatic rings. The van der Waals surface area contributed by atoms with Gasteiger partial charge in [0.15, 0.2) is 0 Å². The fraction of sp³-hybridized carbons (Fsp3) is 1.00. The van der Waals surface area contributed by atoms with E-state index in [1.165, 1.54) is 64.2 Å². The number of rotatable bonds is 13. The third-order valence-electron chi connectivity index (χ3n) is 3.58. The molecule has 0 saturated heterocycles. The van der Waals surface area contributed by atoms with Gasteiger partial charge >= 0.3 is 0 Å². The Morgan fingerprint density at radius 1 is 0.737 bits per heavy atom. The quantitative estimate of drug-likeness (QED) is 0.354. The van der Waals surface area contributed by atoms with Gasteiger partial charge in [-0.2, -0.15) is 0 Å². The van der Waals surface area contributed by atoms with Crippen molar-refractivity contribution in [2.24, 2.45) is 5.92 Å². The van der Waals surface area contributed by atoms with E-state index in [9.17, 15) is 0 Å². The van der Waals surface area contributed by atoms with E-state index >= 15 is 0 Å². The van der Waals surface area contributed by atoms with E-state index in [0.29, 0.717) is 12.2 Å². The second-order valence-corrected chi connectivity index (χ2v) is 6.70. The molecule has 0 N–H and O–H groups in total. The molecule has 1 nitrogen and oxygen atoms in total. The Bertz CT molecular complexity index is 165. The van der Waals surface area contributed by atoms with Gasteiger partial charge in [0.05, 0.1) is 12.2 Å². The molecule has 0 saturated carbocycles. The Labute approximate surface area is 122 Å². The van der Waals surface area contributed by atoms with Gasteiger partial charge in [0.25, 0.3) is 0 Å². The van der Waals surface area contributed by atoms with Crippen LogP contribution in [0.25, 0.3) is 0 Å². The van der Waals surface area contributed by atoms with Crippen LogP contribution in [0.5, 0.6) is 0 Å². The molecule has 0 aromatic heterocycles. The largest absolute Gasteiger partial charge is 0.376 e. The summed E-state index contributed by atoms with van der Waals surface area (Å²) in [5, 5.41) is 0. The second-order valence-electron chi connectivity index (χ2n) is 6.70. The highest BCUT2D eigenvalue weighted by molar-refractivity contribution is 4.63. The minimum Gasteiger partial charge on any atom is -0.376 e. The van der Waals surface area contributed by atoms with Crippen molar-refractivity contribution in [1.82, 2.24) is 0 Å². The predicted molar refractivity (Wildman–Crippen MR) is 86.7 cm³/mol. The van der Waals surface area contributed by atoms with E-state index in [1.807, 2.05) is 0 Å². The standard InChI is InChI=1S/C18H38O/c1-6-7-8-9-10-11-12-13-14-18(15-16(2)3)19-17(4)5/h16-18H,6-15H2,1-5H3. The van der Waals surface area contributed by atoms with E-state index in [4.69, 9.17) is 4.74 Å². The van der Waals surface area contributed by atoms with Gasteiger partial charge in [-0.05, 0) is 32.6 Å². The zero-order chi connectivity index (χ0) is 14.5. The van der Waals surface area contributed by atoms with Gasteiger partial charge in [-0.15, -0.1) is 0 Å². The molecule has 0 bridgehead atoms. The van der Waals surface area contributed by atoms with Gasteiger partial charge in [-0.1, -0.05) is 72.1 Å². The SMILES string of the molecule is CCCCCCCCCCC(CC(C)C)OC(C)C. The highest BCUT2D eigenvalue weighted by Gasteiger charge is 2.12. The van der Waals surface area contributed by atoms with Crippen molar-refractivity contribution >= 4 is 0 Å². The van der Waals surface area contributed by atoms with Gasteiger partial charge in [0.1, 0.15) is 0 Å². The molecule has 0 radical (unpaired) electrons. The lowest BCUT2D eigenvalue weighted by atomic mass is 9.99. The summed E-state index contributed by atoms with van der Waals surface area (Å²) in [5.41, 5.74) is 0. The van der Waals surface area contributed by atoms with E-state index in [-0.39, 0.29) is 0 Å². The third kappa shape index (κ3) is 14.2. The van der Waals surface area contributed by atoms with Crippen LogP contribution in [0.15, 0.2) is 0 Å². The summed E-state index contributed by atoms with van der Waals surface area (Å²) in [6, 6.07) is 0. The summed E-state index contributed by atoms with van der Waals surface area (Å²) in [6.07, 6.45) is 14.6. The molecule has 0 aromatic carbocycles. The molecule has 1 atom stereocenters. The summed E-state index contributed by atoms with van der Waals surface area (Å²) in [5.74, 6) is 0.748. The van der Waals surface area contributed by atoms with Crippen LogP contribution in [0.4, 0.5) is 0 Å². The first-order chi connectivity index (χ1) is 9.06. The van der Waals surface area contributed by atoms with Crippen molar-refractivity contribution in [3.05, 3.63) is 0 Å².